The Bertz CT molecular complexity index is 1810. The first-order chi connectivity index (χ1) is 16.3. The van der Waals surface area contributed by atoms with Gasteiger partial charge in [0.15, 0.2) is 5.58 Å². The van der Waals surface area contributed by atoms with Crippen molar-refractivity contribution in [2.75, 3.05) is 5.32 Å². The lowest BCUT2D eigenvalue weighted by Gasteiger charge is -2.09. The fraction of sp³-hybridized carbons (Fsp3) is 0. The molecule has 156 valence electrons. The quantitative estimate of drug-likeness (QED) is 0.295. The molecule has 0 saturated heterocycles. The number of anilines is 2. The van der Waals surface area contributed by atoms with E-state index in [0.717, 1.165) is 33.3 Å². The zero-order valence-electron chi connectivity index (χ0n) is 17.7. The number of fused-ring (bicyclic) bond motifs is 6. The van der Waals surface area contributed by atoms with Crippen LogP contribution in [0.15, 0.2) is 114 Å². The molecule has 0 fully saturated rings. The van der Waals surface area contributed by atoms with Crippen molar-refractivity contribution >= 4 is 64.8 Å². The highest BCUT2D eigenvalue weighted by Gasteiger charge is 2.11. The maximum atomic E-state index is 6.19. The predicted octanol–water partition coefficient (Wildman–Crippen LogP) is 9.36. The van der Waals surface area contributed by atoms with Gasteiger partial charge in [-0.1, -0.05) is 66.7 Å². The molecular weight excluding hydrogens is 422 g/mol. The van der Waals surface area contributed by atoms with Crippen LogP contribution in [0.3, 0.4) is 0 Å². The summed E-state index contributed by atoms with van der Waals surface area (Å²) in [7, 11) is 0. The van der Waals surface area contributed by atoms with Crippen LogP contribution < -0.4 is 5.32 Å². The second kappa shape index (κ2) is 7.22. The second-order valence-corrected chi connectivity index (χ2v) is 9.38. The number of thiophene rings is 1. The summed E-state index contributed by atoms with van der Waals surface area (Å²) in [5, 5.41) is 8.50. The molecule has 3 heteroatoms. The van der Waals surface area contributed by atoms with E-state index in [9.17, 15) is 0 Å². The molecule has 0 spiro atoms. The zero-order valence-corrected chi connectivity index (χ0v) is 18.5. The largest absolute Gasteiger partial charge is 0.454 e. The van der Waals surface area contributed by atoms with Gasteiger partial charge in [0, 0.05) is 36.6 Å². The first-order valence-corrected chi connectivity index (χ1v) is 11.8. The van der Waals surface area contributed by atoms with Gasteiger partial charge in [-0.05, 0) is 53.6 Å². The highest BCUT2D eigenvalue weighted by atomic mass is 32.1. The predicted molar refractivity (Wildman–Crippen MR) is 142 cm³/mol. The standard InChI is InChI=1S/C30H19NOS/c1-3-13-27-22(9-1)24-11-6-12-26(30(24)32-27)31-21-8-5-7-19(17-21)20-15-16-29-25(18-20)23-10-2-4-14-28(23)33-29/h1-18,31H. The molecule has 0 radical (unpaired) electrons. The molecule has 0 amide bonds. The molecule has 2 aromatic heterocycles. The Morgan fingerprint density at radius 1 is 0.545 bits per heavy atom. The van der Waals surface area contributed by atoms with E-state index in [1.54, 1.807) is 0 Å². The van der Waals surface area contributed by atoms with Crippen molar-refractivity contribution in [1.29, 1.82) is 0 Å². The fourth-order valence-electron chi connectivity index (χ4n) is 4.68. The summed E-state index contributed by atoms with van der Waals surface area (Å²) in [6, 6.07) is 38.4. The molecule has 0 aliphatic rings. The molecule has 33 heavy (non-hydrogen) atoms. The second-order valence-electron chi connectivity index (χ2n) is 8.30. The first kappa shape index (κ1) is 18.5. The van der Waals surface area contributed by atoms with Gasteiger partial charge in [-0.3, -0.25) is 0 Å². The Balaban J connectivity index is 1.30. The number of furan rings is 1. The summed E-state index contributed by atoms with van der Waals surface area (Å²) in [6.45, 7) is 0. The van der Waals surface area contributed by atoms with Gasteiger partial charge >= 0.3 is 0 Å². The van der Waals surface area contributed by atoms with Gasteiger partial charge in [-0.2, -0.15) is 0 Å². The smallest absolute Gasteiger partial charge is 0.158 e. The third-order valence-electron chi connectivity index (χ3n) is 6.26. The van der Waals surface area contributed by atoms with Crippen LogP contribution in [0.2, 0.25) is 0 Å². The van der Waals surface area contributed by atoms with Gasteiger partial charge in [-0.25, -0.2) is 0 Å². The van der Waals surface area contributed by atoms with Gasteiger partial charge in [0.1, 0.15) is 5.58 Å². The summed E-state index contributed by atoms with van der Waals surface area (Å²) in [5.41, 5.74) is 6.21. The molecule has 0 aliphatic heterocycles. The van der Waals surface area contributed by atoms with Crippen molar-refractivity contribution in [3.05, 3.63) is 109 Å². The molecule has 0 aliphatic carbocycles. The van der Waals surface area contributed by atoms with E-state index in [1.807, 2.05) is 29.5 Å². The SMILES string of the molecule is c1cc(Nc2cccc3c2oc2ccccc23)cc(-c2ccc3sc4ccccc4c3c2)c1. The number of benzene rings is 5. The van der Waals surface area contributed by atoms with Crippen molar-refractivity contribution in [1.82, 2.24) is 0 Å². The maximum Gasteiger partial charge on any atom is 0.158 e. The Hall–Kier alpha value is -4.08. The van der Waals surface area contributed by atoms with Crippen molar-refractivity contribution in [2.45, 2.75) is 0 Å². The van der Waals surface area contributed by atoms with Crippen molar-refractivity contribution in [3.63, 3.8) is 0 Å². The fourth-order valence-corrected chi connectivity index (χ4v) is 5.77. The van der Waals surface area contributed by atoms with Gasteiger partial charge in [0.05, 0.1) is 5.69 Å². The van der Waals surface area contributed by atoms with E-state index in [-0.39, 0.29) is 0 Å². The Labute approximate surface area is 194 Å². The van der Waals surface area contributed by atoms with E-state index >= 15 is 0 Å². The third kappa shape index (κ3) is 3.01. The number of hydrogen-bond donors (Lipinski definition) is 1. The number of rotatable bonds is 3. The Kier molecular flexibility index (Phi) is 4.05. The molecule has 0 saturated carbocycles. The Morgan fingerprint density at radius 3 is 2.27 bits per heavy atom. The van der Waals surface area contributed by atoms with Crippen LogP contribution in [-0.2, 0) is 0 Å². The molecule has 1 N–H and O–H groups in total. The molecule has 5 aromatic carbocycles. The van der Waals surface area contributed by atoms with E-state index in [0.29, 0.717) is 0 Å². The summed E-state index contributed by atoms with van der Waals surface area (Å²) < 4.78 is 8.85. The number of nitrogens with one attached hydrogen (secondary N) is 1. The van der Waals surface area contributed by atoms with Crippen LogP contribution >= 0.6 is 11.3 Å². The molecule has 2 nitrogen and oxygen atoms in total. The topological polar surface area (TPSA) is 25.2 Å². The first-order valence-electron chi connectivity index (χ1n) is 11.0. The zero-order chi connectivity index (χ0) is 21.8. The van der Waals surface area contributed by atoms with Crippen molar-refractivity contribution in [3.8, 4) is 11.1 Å². The molecule has 7 aromatic rings. The molecule has 0 atom stereocenters. The van der Waals surface area contributed by atoms with Gasteiger partial charge in [0.25, 0.3) is 0 Å². The highest BCUT2D eigenvalue weighted by molar-refractivity contribution is 7.25. The normalized spacial score (nSPS) is 11.6. The lowest BCUT2D eigenvalue weighted by Crippen LogP contribution is -1.91. The number of para-hydroxylation sites is 2. The van der Waals surface area contributed by atoms with Crippen LogP contribution in [0.1, 0.15) is 0 Å². The summed E-state index contributed by atoms with van der Waals surface area (Å²) in [4.78, 5) is 0. The van der Waals surface area contributed by atoms with Crippen LogP contribution in [0.5, 0.6) is 0 Å². The minimum atomic E-state index is 0.885. The molecule has 7 rings (SSSR count). The van der Waals surface area contributed by atoms with Crippen LogP contribution in [-0.4, -0.2) is 0 Å². The molecule has 0 unspecified atom stereocenters. The van der Waals surface area contributed by atoms with E-state index in [1.165, 1.54) is 31.3 Å². The van der Waals surface area contributed by atoms with Gasteiger partial charge in [-0.15, -0.1) is 11.3 Å². The minimum Gasteiger partial charge on any atom is -0.454 e. The lowest BCUT2D eigenvalue weighted by atomic mass is 10.0. The van der Waals surface area contributed by atoms with Gasteiger partial charge < -0.3 is 9.73 Å². The van der Waals surface area contributed by atoms with E-state index in [2.05, 4.69) is 96.3 Å². The third-order valence-corrected chi connectivity index (χ3v) is 7.41. The van der Waals surface area contributed by atoms with E-state index < -0.39 is 0 Å². The number of hydrogen-bond acceptors (Lipinski definition) is 3. The van der Waals surface area contributed by atoms with Crippen LogP contribution in [0.4, 0.5) is 11.4 Å². The average Bonchev–Trinajstić information content (AvgIpc) is 3.43. The average molecular weight is 442 g/mol. The van der Waals surface area contributed by atoms with Crippen molar-refractivity contribution < 1.29 is 4.42 Å². The van der Waals surface area contributed by atoms with Crippen LogP contribution in [0.25, 0.3) is 53.2 Å². The molecule has 0 bridgehead atoms. The Morgan fingerprint density at radius 2 is 1.30 bits per heavy atom. The molecule has 2 heterocycles. The van der Waals surface area contributed by atoms with Crippen LogP contribution in [0, 0.1) is 0 Å². The maximum absolute atomic E-state index is 6.19. The highest BCUT2D eigenvalue weighted by Crippen LogP contribution is 2.38. The minimum absolute atomic E-state index is 0.885. The summed E-state index contributed by atoms with van der Waals surface area (Å²) >= 11 is 1.85. The van der Waals surface area contributed by atoms with E-state index in [4.69, 9.17) is 4.42 Å². The lowest BCUT2D eigenvalue weighted by molar-refractivity contribution is 0.670. The monoisotopic (exact) mass is 441 g/mol. The summed E-state index contributed by atoms with van der Waals surface area (Å²) in [6.07, 6.45) is 0. The summed E-state index contributed by atoms with van der Waals surface area (Å²) in [5.74, 6) is 0. The van der Waals surface area contributed by atoms with Crippen molar-refractivity contribution in [2.24, 2.45) is 0 Å². The van der Waals surface area contributed by atoms with Gasteiger partial charge in [0.2, 0.25) is 0 Å². The molecular formula is C30H19NOS.